The lowest BCUT2D eigenvalue weighted by Crippen LogP contribution is -2.01. The lowest BCUT2D eigenvalue weighted by atomic mass is 10.3. The molecule has 0 atom stereocenters. The van der Waals surface area contributed by atoms with Crippen molar-refractivity contribution in [3.63, 3.8) is 0 Å². The van der Waals surface area contributed by atoms with Crippen molar-refractivity contribution in [2.24, 2.45) is 0 Å². The predicted molar refractivity (Wildman–Crippen MR) is 61.1 cm³/mol. The zero-order valence-electron chi connectivity index (χ0n) is 8.38. The standard InChI is InChI=1S/C9H8N4O2S/c1-5-2-3-6(16-5)7-8(13(14)15)9(10)12-4-11-7/h2-4H,1H3,(H2,10,11,12). The maximum Gasteiger partial charge on any atom is 0.338 e. The lowest BCUT2D eigenvalue weighted by molar-refractivity contribution is -0.383. The van der Waals surface area contributed by atoms with Crippen LogP contribution < -0.4 is 5.73 Å². The van der Waals surface area contributed by atoms with Gasteiger partial charge < -0.3 is 5.73 Å². The minimum atomic E-state index is -0.556. The van der Waals surface area contributed by atoms with Gasteiger partial charge in [-0.05, 0) is 19.1 Å². The van der Waals surface area contributed by atoms with Crippen LogP contribution in [0.5, 0.6) is 0 Å². The third-order valence-corrected chi connectivity index (χ3v) is 3.01. The normalized spacial score (nSPS) is 10.3. The zero-order valence-corrected chi connectivity index (χ0v) is 9.19. The number of hydrogen-bond acceptors (Lipinski definition) is 6. The van der Waals surface area contributed by atoms with Crippen molar-refractivity contribution < 1.29 is 4.92 Å². The van der Waals surface area contributed by atoms with E-state index in [4.69, 9.17) is 5.73 Å². The van der Waals surface area contributed by atoms with Crippen molar-refractivity contribution >= 4 is 22.8 Å². The fourth-order valence-electron chi connectivity index (χ4n) is 1.31. The molecule has 0 spiro atoms. The van der Waals surface area contributed by atoms with Gasteiger partial charge in [-0.3, -0.25) is 10.1 Å². The van der Waals surface area contributed by atoms with Crippen molar-refractivity contribution in [3.8, 4) is 10.6 Å². The summed E-state index contributed by atoms with van der Waals surface area (Å²) in [6.07, 6.45) is 1.23. The van der Waals surface area contributed by atoms with Crippen molar-refractivity contribution in [2.45, 2.75) is 6.92 Å². The number of rotatable bonds is 2. The van der Waals surface area contributed by atoms with Crippen molar-refractivity contribution in [3.05, 3.63) is 33.5 Å². The van der Waals surface area contributed by atoms with Gasteiger partial charge in [0.1, 0.15) is 6.33 Å². The second-order valence-corrected chi connectivity index (χ2v) is 4.41. The molecule has 0 unspecified atom stereocenters. The van der Waals surface area contributed by atoms with Crippen molar-refractivity contribution in [1.29, 1.82) is 0 Å². The van der Waals surface area contributed by atoms with Crippen LogP contribution in [-0.2, 0) is 0 Å². The Labute approximate surface area is 94.9 Å². The zero-order chi connectivity index (χ0) is 11.7. The number of nitro groups is 1. The molecule has 7 heteroatoms. The molecule has 0 saturated carbocycles. The highest BCUT2D eigenvalue weighted by Gasteiger charge is 2.22. The van der Waals surface area contributed by atoms with Crippen LogP contribution in [0.25, 0.3) is 10.6 Å². The first kappa shape index (κ1) is 10.5. The summed E-state index contributed by atoms with van der Waals surface area (Å²) in [6, 6.07) is 3.66. The van der Waals surface area contributed by atoms with Gasteiger partial charge in [0.15, 0.2) is 5.69 Å². The molecule has 16 heavy (non-hydrogen) atoms. The molecule has 0 radical (unpaired) electrons. The van der Waals surface area contributed by atoms with E-state index < -0.39 is 4.92 Å². The molecule has 0 bridgehead atoms. The maximum absolute atomic E-state index is 10.9. The van der Waals surface area contributed by atoms with Crippen LogP contribution in [0.1, 0.15) is 4.88 Å². The Hall–Kier alpha value is -2.02. The minimum absolute atomic E-state index is 0.110. The van der Waals surface area contributed by atoms with Gasteiger partial charge in [0.05, 0.1) is 9.80 Å². The number of thiophene rings is 1. The maximum atomic E-state index is 10.9. The fraction of sp³-hybridized carbons (Fsp3) is 0.111. The van der Waals surface area contributed by atoms with E-state index in [-0.39, 0.29) is 17.2 Å². The van der Waals surface area contributed by atoms with Crippen LogP contribution >= 0.6 is 11.3 Å². The first-order valence-electron chi connectivity index (χ1n) is 4.41. The van der Waals surface area contributed by atoms with E-state index in [9.17, 15) is 10.1 Å². The molecule has 2 aromatic heterocycles. The van der Waals surface area contributed by atoms with Crippen molar-refractivity contribution in [2.75, 3.05) is 5.73 Å². The number of aromatic nitrogens is 2. The molecule has 2 heterocycles. The number of nitrogens with zero attached hydrogens (tertiary/aromatic N) is 3. The first-order chi connectivity index (χ1) is 7.59. The van der Waals surface area contributed by atoms with Crippen LogP contribution in [-0.4, -0.2) is 14.9 Å². The highest BCUT2D eigenvalue weighted by molar-refractivity contribution is 7.15. The Morgan fingerprint density at radius 1 is 1.44 bits per heavy atom. The Morgan fingerprint density at radius 3 is 2.75 bits per heavy atom. The summed E-state index contributed by atoms with van der Waals surface area (Å²) < 4.78 is 0. The monoisotopic (exact) mass is 236 g/mol. The minimum Gasteiger partial charge on any atom is -0.378 e. The van der Waals surface area contributed by atoms with Crippen LogP contribution in [0.3, 0.4) is 0 Å². The highest BCUT2D eigenvalue weighted by atomic mass is 32.1. The van der Waals surface area contributed by atoms with Gasteiger partial charge in [-0.1, -0.05) is 0 Å². The summed E-state index contributed by atoms with van der Waals surface area (Å²) in [7, 11) is 0. The number of nitrogens with two attached hydrogens (primary N) is 1. The van der Waals surface area contributed by atoms with E-state index in [1.165, 1.54) is 17.7 Å². The fourth-order valence-corrected chi connectivity index (χ4v) is 2.18. The Kier molecular flexibility index (Phi) is 2.53. The van der Waals surface area contributed by atoms with Gasteiger partial charge in [-0.15, -0.1) is 11.3 Å². The number of nitrogen functional groups attached to an aromatic ring is 1. The van der Waals surface area contributed by atoms with Crippen LogP contribution in [0.2, 0.25) is 0 Å². The molecule has 2 rings (SSSR count). The van der Waals surface area contributed by atoms with Crippen LogP contribution in [0.15, 0.2) is 18.5 Å². The van der Waals surface area contributed by atoms with E-state index in [2.05, 4.69) is 9.97 Å². The molecular formula is C9H8N4O2S. The Morgan fingerprint density at radius 2 is 2.19 bits per heavy atom. The average Bonchev–Trinajstić information content (AvgIpc) is 2.63. The highest BCUT2D eigenvalue weighted by Crippen LogP contribution is 2.34. The van der Waals surface area contributed by atoms with E-state index >= 15 is 0 Å². The molecule has 82 valence electrons. The molecule has 6 nitrogen and oxygen atoms in total. The second kappa shape index (κ2) is 3.86. The topological polar surface area (TPSA) is 94.9 Å². The summed E-state index contributed by atoms with van der Waals surface area (Å²) in [5.41, 5.74) is 5.52. The largest absolute Gasteiger partial charge is 0.378 e. The van der Waals surface area contributed by atoms with E-state index in [1.54, 1.807) is 6.07 Å². The molecule has 0 aliphatic rings. The van der Waals surface area contributed by atoms with Crippen molar-refractivity contribution in [1.82, 2.24) is 9.97 Å². The third-order valence-electron chi connectivity index (χ3n) is 2.01. The van der Waals surface area contributed by atoms with Crippen LogP contribution in [0, 0.1) is 17.0 Å². The van der Waals surface area contributed by atoms with Gasteiger partial charge in [0, 0.05) is 4.88 Å². The molecular weight excluding hydrogens is 228 g/mol. The molecule has 0 aliphatic carbocycles. The van der Waals surface area contributed by atoms with E-state index in [0.717, 1.165) is 9.75 Å². The molecule has 0 saturated heterocycles. The predicted octanol–water partition coefficient (Wildman–Crippen LogP) is 2.00. The van der Waals surface area contributed by atoms with Gasteiger partial charge in [0.2, 0.25) is 5.82 Å². The second-order valence-electron chi connectivity index (χ2n) is 3.12. The summed E-state index contributed by atoms with van der Waals surface area (Å²) in [5, 5.41) is 10.9. The van der Waals surface area contributed by atoms with Gasteiger partial charge in [0.25, 0.3) is 0 Å². The first-order valence-corrected chi connectivity index (χ1v) is 5.23. The molecule has 0 fully saturated rings. The lowest BCUT2D eigenvalue weighted by Gasteiger charge is -2.00. The summed E-state index contributed by atoms with van der Waals surface area (Å²) >= 11 is 1.43. The smallest absolute Gasteiger partial charge is 0.338 e. The molecule has 0 aliphatic heterocycles. The molecule has 0 aromatic carbocycles. The number of aryl methyl sites for hydroxylation is 1. The third kappa shape index (κ3) is 1.72. The summed E-state index contributed by atoms with van der Waals surface area (Å²) in [5.74, 6) is -0.110. The van der Waals surface area contributed by atoms with E-state index in [0.29, 0.717) is 0 Å². The Balaban J connectivity index is 2.65. The van der Waals surface area contributed by atoms with Gasteiger partial charge >= 0.3 is 5.69 Å². The Bertz CT molecular complexity index is 552. The van der Waals surface area contributed by atoms with Gasteiger partial charge in [-0.2, -0.15) is 0 Å². The summed E-state index contributed by atoms with van der Waals surface area (Å²) in [6.45, 7) is 1.92. The van der Waals surface area contributed by atoms with E-state index in [1.807, 2.05) is 13.0 Å². The van der Waals surface area contributed by atoms with Crippen LogP contribution in [0.4, 0.5) is 11.5 Å². The SMILES string of the molecule is Cc1ccc(-c2ncnc(N)c2[N+](=O)[O-])s1. The quantitative estimate of drug-likeness (QED) is 0.635. The molecule has 2 N–H and O–H groups in total. The average molecular weight is 236 g/mol. The number of hydrogen-bond donors (Lipinski definition) is 1. The number of anilines is 1. The molecule has 2 aromatic rings. The van der Waals surface area contributed by atoms with Gasteiger partial charge in [-0.25, -0.2) is 9.97 Å². The molecule has 0 amide bonds. The summed E-state index contributed by atoms with van der Waals surface area (Å²) in [4.78, 5) is 19.6.